The van der Waals surface area contributed by atoms with E-state index >= 15 is 0 Å². The van der Waals surface area contributed by atoms with E-state index in [1.165, 1.54) is 6.20 Å². The molecule has 2 aromatic heterocycles. The average Bonchev–Trinajstić information content (AvgIpc) is 3.59. The lowest BCUT2D eigenvalue weighted by Gasteiger charge is -2.33. The number of fused-ring (bicyclic) bond motifs is 1. The Labute approximate surface area is 302 Å². The molecule has 10 nitrogen and oxygen atoms in total. The van der Waals surface area contributed by atoms with E-state index in [0.717, 1.165) is 89.1 Å². The molecule has 0 unspecified atom stereocenters. The molecule has 0 bridgehead atoms. The minimum atomic E-state index is -0.830. The third kappa shape index (κ3) is 7.86. The summed E-state index contributed by atoms with van der Waals surface area (Å²) in [6.07, 6.45) is 7.60. The minimum Gasteiger partial charge on any atom is -0.488 e. The number of carboxylic acids is 1. The number of piperidine rings is 2. The first kappa shape index (κ1) is 34.5. The normalized spacial score (nSPS) is 16.9. The highest BCUT2D eigenvalue weighted by Crippen LogP contribution is 2.37. The molecule has 2 saturated heterocycles. The van der Waals surface area contributed by atoms with Crippen molar-refractivity contribution >= 4 is 28.7 Å². The number of pyridine rings is 1. The van der Waals surface area contributed by atoms with E-state index in [0.29, 0.717) is 47.5 Å². The van der Waals surface area contributed by atoms with Crippen molar-refractivity contribution in [3.8, 4) is 28.7 Å². The zero-order chi connectivity index (χ0) is 35.3. The van der Waals surface area contributed by atoms with E-state index in [-0.39, 0.29) is 13.2 Å². The number of nitriles is 1. The van der Waals surface area contributed by atoms with E-state index < -0.39 is 12.0 Å². The molecule has 5 aromatic rings. The number of rotatable bonds is 11. The number of aliphatic carboxylic acids is 1. The first-order valence-electron chi connectivity index (χ1n) is 17.4. The molecule has 11 heteroatoms. The van der Waals surface area contributed by atoms with Crippen LogP contribution in [0.4, 0.5) is 0 Å². The predicted molar refractivity (Wildman–Crippen MR) is 194 cm³/mol. The van der Waals surface area contributed by atoms with Gasteiger partial charge in [-0.15, -0.1) is 0 Å². The second kappa shape index (κ2) is 15.5. The molecular weight excluding hydrogens is 666 g/mol. The fourth-order valence-corrected chi connectivity index (χ4v) is 7.32. The number of likely N-dealkylation sites (tertiary alicyclic amines) is 1. The maximum Gasteiger partial charge on any atom is 0.320 e. The van der Waals surface area contributed by atoms with Crippen molar-refractivity contribution in [2.45, 2.75) is 70.7 Å². The number of nitrogens with one attached hydrogen (secondary N) is 1. The Morgan fingerprint density at radius 3 is 2.71 bits per heavy atom. The summed E-state index contributed by atoms with van der Waals surface area (Å²) in [5, 5.41) is 23.0. The second-order valence-electron chi connectivity index (χ2n) is 13.3. The van der Waals surface area contributed by atoms with Gasteiger partial charge in [-0.2, -0.15) is 5.26 Å². The highest BCUT2D eigenvalue weighted by molar-refractivity contribution is 6.32. The minimum absolute atomic E-state index is 0.162. The van der Waals surface area contributed by atoms with Crippen LogP contribution in [0.1, 0.15) is 71.7 Å². The van der Waals surface area contributed by atoms with Gasteiger partial charge in [-0.25, -0.2) is 4.98 Å². The van der Waals surface area contributed by atoms with Crippen molar-refractivity contribution in [3.63, 3.8) is 0 Å². The SMILES string of the molecule is Cc1c(COc2cc(OCc3cncc(C#N)c3)c(CN3CCCC[C@H]3C(=O)O)cc2Cl)cccc1-c1ccc2oc(C3CCNCC3)nc2c1. The van der Waals surface area contributed by atoms with Crippen LogP contribution in [-0.4, -0.2) is 51.6 Å². The summed E-state index contributed by atoms with van der Waals surface area (Å²) in [4.78, 5) is 23.0. The number of oxazole rings is 1. The summed E-state index contributed by atoms with van der Waals surface area (Å²) in [6.45, 7) is 5.50. The van der Waals surface area contributed by atoms with Crippen LogP contribution in [0.5, 0.6) is 11.5 Å². The molecule has 1 atom stereocenters. The molecule has 3 aromatic carbocycles. The van der Waals surface area contributed by atoms with Crippen LogP contribution in [-0.2, 0) is 24.6 Å². The van der Waals surface area contributed by atoms with Gasteiger partial charge in [0, 0.05) is 42.0 Å². The first-order chi connectivity index (χ1) is 24.9. The molecule has 0 spiro atoms. The smallest absolute Gasteiger partial charge is 0.320 e. The number of aromatic nitrogens is 2. The van der Waals surface area contributed by atoms with Gasteiger partial charge in [-0.05, 0) is 98.8 Å². The van der Waals surface area contributed by atoms with Gasteiger partial charge >= 0.3 is 5.97 Å². The lowest BCUT2D eigenvalue weighted by molar-refractivity contribution is -0.144. The zero-order valence-electron chi connectivity index (χ0n) is 28.5. The molecule has 2 N–H and O–H groups in total. The number of ether oxygens (including phenoxy) is 2. The van der Waals surface area contributed by atoms with Crippen LogP contribution >= 0.6 is 11.6 Å². The molecular formula is C40H40ClN5O5. The molecule has 2 aliphatic heterocycles. The van der Waals surface area contributed by atoms with Crippen LogP contribution in [0.15, 0.2) is 71.4 Å². The van der Waals surface area contributed by atoms with E-state index in [1.807, 2.05) is 23.1 Å². The number of benzene rings is 3. The van der Waals surface area contributed by atoms with Gasteiger partial charge in [0.15, 0.2) is 11.5 Å². The molecule has 4 heterocycles. The van der Waals surface area contributed by atoms with Gasteiger partial charge in [-0.1, -0.05) is 42.3 Å². The van der Waals surface area contributed by atoms with Gasteiger partial charge in [0.1, 0.15) is 42.3 Å². The van der Waals surface area contributed by atoms with Crippen LogP contribution in [0.2, 0.25) is 5.02 Å². The summed E-state index contributed by atoms with van der Waals surface area (Å²) in [5.41, 5.74) is 7.81. The Kier molecular flexibility index (Phi) is 10.5. The molecule has 2 fully saturated rings. The van der Waals surface area contributed by atoms with Crippen molar-refractivity contribution in [3.05, 3.63) is 106 Å². The van der Waals surface area contributed by atoms with Crippen molar-refractivity contribution in [1.29, 1.82) is 5.26 Å². The summed E-state index contributed by atoms with van der Waals surface area (Å²) in [7, 11) is 0. The van der Waals surface area contributed by atoms with Gasteiger partial charge in [0.2, 0.25) is 0 Å². The molecule has 51 heavy (non-hydrogen) atoms. The largest absolute Gasteiger partial charge is 0.488 e. The number of carboxylic acid groups (broad SMARTS) is 1. The van der Waals surface area contributed by atoms with Crippen LogP contribution < -0.4 is 14.8 Å². The Hall–Kier alpha value is -4.95. The predicted octanol–water partition coefficient (Wildman–Crippen LogP) is 7.79. The molecule has 262 valence electrons. The third-order valence-corrected chi connectivity index (χ3v) is 10.2. The van der Waals surface area contributed by atoms with Crippen LogP contribution in [0.3, 0.4) is 0 Å². The molecule has 7 rings (SSSR count). The maximum absolute atomic E-state index is 12.1. The number of halogens is 1. The number of nitrogens with zero attached hydrogens (tertiary/aromatic N) is 4. The number of hydrogen-bond donors (Lipinski definition) is 2. The molecule has 0 radical (unpaired) electrons. The number of carbonyl (C=O) groups is 1. The Bertz CT molecular complexity index is 2090. The third-order valence-electron chi connectivity index (χ3n) is 9.94. The van der Waals surface area contributed by atoms with Gasteiger partial charge in [-0.3, -0.25) is 14.7 Å². The topological polar surface area (TPSA) is 134 Å². The Balaban J connectivity index is 1.12. The van der Waals surface area contributed by atoms with Gasteiger partial charge in [0.25, 0.3) is 0 Å². The van der Waals surface area contributed by atoms with Gasteiger partial charge < -0.3 is 24.3 Å². The standard InChI is InChI=1S/C40H40ClN5O5/c1-25-30(5-4-6-32(25)29-8-9-36-34(17-29)45-39(51-36)28-10-12-43-13-11-28)24-50-38-18-37(49-23-27-15-26(19-42)20-44-21-27)31(16-33(38)41)22-46-14-3-2-7-35(46)40(47)48/h4-6,8-9,15-18,20-21,28,35,43H,2-3,7,10-14,22-24H2,1H3,(H,47,48)/t35-/m0/s1. The zero-order valence-corrected chi connectivity index (χ0v) is 29.3. The van der Waals surface area contributed by atoms with E-state index in [4.69, 9.17) is 30.5 Å². The van der Waals surface area contributed by atoms with Crippen molar-refractivity contribution in [1.82, 2.24) is 20.2 Å². The average molecular weight is 706 g/mol. The first-order valence-corrected chi connectivity index (χ1v) is 17.8. The highest BCUT2D eigenvalue weighted by atomic mass is 35.5. The lowest BCUT2D eigenvalue weighted by atomic mass is 9.96. The Morgan fingerprint density at radius 1 is 1.04 bits per heavy atom. The van der Waals surface area contributed by atoms with Crippen molar-refractivity contribution in [2.24, 2.45) is 0 Å². The Morgan fingerprint density at radius 2 is 1.88 bits per heavy atom. The fraction of sp³-hybridized carbons (Fsp3) is 0.350. The quantitative estimate of drug-likeness (QED) is 0.140. The molecule has 0 amide bonds. The summed E-state index contributed by atoms with van der Waals surface area (Å²) < 4.78 is 18.8. The summed E-state index contributed by atoms with van der Waals surface area (Å²) >= 11 is 6.84. The molecule has 0 saturated carbocycles. The monoisotopic (exact) mass is 705 g/mol. The fourth-order valence-electron chi connectivity index (χ4n) is 7.08. The molecule has 2 aliphatic rings. The van der Waals surface area contributed by atoms with E-state index in [1.54, 1.807) is 24.4 Å². The molecule has 0 aliphatic carbocycles. The highest BCUT2D eigenvalue weighted by Gasteiger charge is 2.29. The van der Waals surface area contributed by atoms with Gasteiger partial charge in [0.05, 0.1) is 10.6 Å². The van der Waals surface area contributed by atoms with Crippen LogP contribution in [0, 0.1) is 18.3 Å². The van der Waals surface area contributed by atoms with Crippen molar-refractivity contribution < 1.29 is 23.8 Å². The van der Waals surface area contributed by atoms with Crippen molar-refractivity contribution in [2.75, 3.05) is 19.6 Å². The van der Waals surface area contributed by atoms with E-state index in [9.17, 15) is 15.2 Å². The van der Waals surface area contributed by atoms with Crippen LogP contribution in [0.25, 0.3) is 22.2 Å². The summed E-state index contributed by atoms with van der Waals surface area (Å²) in [5.74, 6) is 1.31. The van der Waals surface area contributed by atoms with E-state index in [2.05, 4.69) is 41.5 Å². The maximum atomic E-state index is 12.1. The summed E-state index contributed by atoms with van der Waals surface area (Å²) in [6, 6.07) is 19.2. The number of hydrogen-bond acceptors (Lipinski definition) is 9. The second-order valence-corrected chi connectivity index (χ2v) is 13.7. The lowest BCUT2D eigenvalue weighted by Crippen LogP contribution is -2.44.